The molecular formula is C22H35N3O8. The summed E-state index contributed by atoms with van der Waals surface area (Å²) in [6.45, 7) is 11.9. The van der Waals surface area contributed by atoms with E-state index in [4.69, 9.17) is 19.4 Å². The van der Waals surface area contributed by atoms with Gasteiger partial charge in [0.2, 0.25) is 0 Å². The molecule has 11 nitrogen and oxygen atoms in total. The Balaban J connectivity index is 0.00000322. The summed E-state index contributed by atoms with van der Waals surface area (Å²) in [6.07, 6.45) is 1.16. The standard InChI is InChI=1S/C21H33N3O6.CH2O2/c1-20(2,3)22-14-8-7-9-17(23-19(26)30-21(4,5)6)18(25)29-16-12-10-15(11-13-16)24(27)28;2-1-3/h10-13,17,22H,7-9,14H2,1-6H3,(H,23,26);1H,(H,2,3). The van der Waals surface area contributed by atoms with E-state index >= 15 is 0 Å². The fourth-order valence-corrected chi connectivity index (χ4v) is 2.46. The third-order valence-electron chi connectivity index (χ3n) is 3.82. The van der Waals surface area contributed by atoms with E-state index in [0.29, 0.717) is 12.8 Å². The van der Waals surface area contributed by atoms with Crippen LogP contribution in [-0.4, -0.2) is 52.3 Å². The first-order valence-electron chi connectivity index (χ1n) is 10.5. The Morgan fingerprint density at radius 3 is 2.12 bits per heavy atom. The van der Waals surface area contributed by atoms with Gasteiger partial charge in [-0.15, -0.1) is 0 Å². The van der Waals surface area contributed by atoms with Crippen molar-refractivity contribution in [3.05, 3.63) is 34.4 Å². The minimum Gasteiger partial charge on any atom is -0.483 e. The zero-order chi connectivity index (χ0) is 25.7. The number of hydrogen-bond donors (Lipinski definition) is 3. The first-order valence-corrected chi connectivity index (χ1v) is 10.5. The predicted octanol–water partition coefficient (Wildman–Crippen LogP) is 3.65. The maximum atomic E-state index is 12.6. The van der Waals surface area contributed by atoms with Crippen molar-refractivity contribution in [1.29, 1.82) is 0 Å². The van der Waals surface area contributed by atoms with E-state index in [1.54, 1.807) is 20.8 Å². The van der Waals surface area contributed by atoms with Crippen molar-refractivity contribution in [3.8, 4) is 5.75 Å². The highest BCUT2D eigenvalue weighted by atomic mass is 16.6. The molecule has 1 aromatic rings. The van der Waals surface area contributed by atoms with E-state index in [9.17, 15) is 19.7 Å². The highest BCUT2D eigenvalue weighted by Gasteiger charge is 2.26. The highest BCUT2D eigenvalue weighted by Crippen LogP contribution is 2.18. The van der Waals surface area contributed by atoms with E-state index < -0.39 is 28.6 Å². The number of nitrogens with one attached hydrogen (secondary N) is 2. The second-order valence-corrected chi connectivity index (χ2v) is 9.15. The van der Waals surface area contributed by atoms with Crippen LogP contribution >= 0.6 is 0 Å². The van der Waals surface area contributed by atoms with Crippen LogP contribution in [0.5, 0.6) is 5.75 Å². The molecule has 11 heteroatoms. The summed E-state index contributed by atoms with van der Waals surface area (Å²) in [5.41, 5.74) is -0.805. The van der Waals surface area contributed by atoms with Crippen LogP contribution in [0.25, 0.3) is 0 Å². The van der Waals surface area contributed by atoms with Gasteiger partial charge in [0.25, 0.3) is 12.2 Å². The molecule has 1 unspecified atom stereocenters. The lowest BCUT2D eigenvalue weighted by molar-refractivity contribution is -0.384. The van der Waals surface area contributed by atoms with Crippen LogP contribution in [0, 0.1) is 10.1 Å². The maximum Gasteiger partial charge on any atom is 0.408 e. The number of esters is 1. The molecular weight excluding hydrogens is 434 g/mol. The number of ether oxygens (including phenoxy) is 2. The average Bonchev–Trinajstić information content (AvgIpc) is 2.65. The Labute approximate surface area is 194 Å². The maximum absolute atomic E-state index is 12.6. The van der Waals surface area contributed by atoms with E-state index in [2.05, 4.69) is 31.4 Å². The van der Waals surface area contributed by atoms with Crippen molar-refractivity contribution < 1.29 is 33.9 Å². The van der Waals surface area contributed by atoms with Gasteiger partial charge in [-0.25, -0.2) is 9.59 Å². The second kappa shape index (κ2) is 14.0. The molecule has 0 spiro atoms. The largest absolute Gasteiger partial charge is 0.483 e. The van der Waals surface area contributed by atoms with Crippen LogP contribution < -0.4 is 15.4 Å². The van der Waals surface area contributed by atoms with Crippen LogP contribution in [0.2, 0.25) is 0 Å². The summed E-state index contributed by atoms with van der Waals surface area (Å²) >= 11 is 0. The highest BCUT2D eigenvalue weighted by molar-refractivity contribution is 5.83. The summed E-state index contributed by atoms with van der Waals surface area (Å²) in [5, 5.41) is 23.6. The molecule has 0 aliphatic carbocycles. The number of rotatable bonds is 9. The Morgan fingerprint density at radius 1 is 1.12 bits per heavy atom. The summed E-state index contributed by atoms with van der Waals surface area (Å²) in [5.74, 6) is -0.491. The number of hydrogen-bond acceptors (Lipinski definition) is 8. The van der Waals surface area contributed by atoms with Crippen molar-refractivity contribution in [1.82, 2.24) is 10.6 Å². The molecule has 0 aromatic heterocycles. The van der Waals surface area contributed by atoms with Crippen LogP contribution in [0.3, 0.4) is 0 Å². The van der Waals surface area contributed by atoms with Gasteiger partial charge in [0.1, 0.15) is 17.4 Å². The van der Waals surface area contributed by atoms with Crippen LogP contribution in [0.1, 0.15) is 60.8 Å². The van der Waals surface area contributed by atoms with E-state index in [0.717, 1.165) is 13.0 Å². The van der Waals surface area contributed by atoms with Crippen LogP contribution in [-0.2, 0) is 14.3 Å². The molecule has 1 atom stereocenters. The molecule has 33 heavy (non-hydrogen) atoms. The molecule has 0 heterocycles. The number of amides is 1. The van der Waals surface area contributed by atoms with Crippen molar-refractivity contribution in [2.75, 3.05) is 6.54 Å². The number of nitro benzene ring substituents is 1. The monoisotopic (exact) mass is 469 g/mol. The third-order valence-corrected chi connectivity index (χ3v) is 3.82. The topological polar surface area (TPSA) is 157 Å². The van der Waals surface area contributed by atoms with Crippen LogP contribution in [0.4, 0.5) is 10.5 Å². The van der Waals surface area contributed by atoms with E-state index in [-0.39, 0.29) is 23.4 Å². The van der Waals surface area contributed by atoms with Gasteiger partial charge in [-0.1, -0.05) is 0 Å². The van der Waals surface area contributed by atoms with Gasteiger partial charge in [0, 0.05) is 17.7 Å². The van der Waals surface area contributed by atoms with Crippen molar-refractivity contribution >= 4 is 24.2 Å². The predicted molar refractivity (Wildman–Crippen MR) is 122 cm³/mol. The molecule has 1 amide bonds. The van der Waals surface area contributed by atoms with Gasteiger partial charge in [-0.2, -0.15) is 0 Å². The van der Waals surface area contributed by atoms with Gasteiger partial charge in [0.15, 0.2) is 0 Å². The molecule has 3 N–H and O–H groups in total. The summed E-state index contributed by atoms with van der Waals surface area (Å²) in [4.78, 5) is 43.3. The number of carbonyl (C=O) groups is 3. The van der Waals surface area contributed by atoms with Gasteiger partial charge in [-0.3, -0.25) is 14.9 Å². The van der Waals surface area contributed by atoms with Crippen molar-refractivity contribution in [2.45, 2.75) is 78.0 Å². The number of non-ortho nitro benzene ring substituents is 1. The number of carboxylic acid groups (broad SMARTS) is 1. The van der Waals surface area contributed by atoms with E-state index in [1.165, 1.54) is 24.3 Å². The quantitative estimate of drug-likeness (QED) is 0.123. The van der Waals surface area contributed by atoms with Gasteiger partial charge >= 0.3 is 12.1 Å². The van der Waals surface area contributed by atoms with Crippen molar-refractivity contribution in [2.24, 2.45) is 0 Å². The number of nitro groups is 1. The minimum atomic E-state index is -0.898. The zero-order valence-corrected chi connectivity index (χ0v) is 20.0. The van der Waals surface area contributed by atoms with E-state index in [1.807, 2.05) is 0 Å². The first kappa shape index (κ1) is 29.8. The number of nitrogens with zero attached hydrogens (tertiary/aromatic N) is 1. The Bertz CT molecular complexity index is 767. The van der Waals surface area contributed by atoms with Crippen LogP contribution in [0.15, 0.2) is 24.3 Å². The summed E-state index contributed by atoms with van der Waals surface area (Å²) in [6, 6.07) is 4.28. The normalized spacial score (nSPS) is 11.9. The molecule has 0 saturated heterocycles. The lowest BCUT2D eigenvalue weighted by Crippen LogP contribution is -2.45. The molecule has 0 bridgehead atoms. The smallest absolute Gasteiger partial charge is 0.408 e. The second-order valence-electron chi connectivity index (χ2n) is 9.15. The number of unbranched alkanes of at least 4 members (excludes halogenated alkanes) is 1. The Morgan fingerprint density at radius 2 is 1.67 bits per heavy atom. The molecule has 0 saturated carbocycles. The molecule has 1 rings (SSSR count). The summed E-state index contributed by atoms with van der Waals surface area (Å²) in [7, 11) is 0. The minimum absolute atomic E-state index is 0.00299. The van der Waals surface area contributed by atoms with Gasteiger partial charge in [0.05, 0.1) is 4.92 Å². The molecule has 0 aliphatic heterocycles. The molecule has 0 radical (unpaired) electrons. The molecule has 0 fully saturated rings. The first-order chi connectivity index (χ1) is 15.2. The Kier molecular flexibility index (Phi) is 12.7. The van der Waals surface area contributed by atoms with Crippen molar-refractivity contribution in [3.63, 3.8) is 0 Å². The SMILES string of the molecule is CC(C)(C)NCCCCC(NC(=O)OC(C)(C)C)C(=O)Oc1ccc([N+](=O)[O-])cc1.O=CO. The number of benzene rings is 1. The lowest BCUT2D eigenvalue weighted by atomic mass is 10.1. The third kappa shape index (κ3) is 15.3. The molecule has 186 valence electrons. The fraction of sp³-hybridized carbons (Fsp3) is 0.591. The molecule has 1 aromatic carbocycles. The lowest BCUT2D eigenvalue weighted by Gasteiger charge is -2.23. The fourth-order valence-electron chi connectivity index (χ4n) is 2.46. The zero-order valence-electron chi connectivity index (χ0n) is 20.0. The van der Waals surface area contributed by atoms with Gasteiger partial charge in [-0.05, 0) is 79.5 Å². The Hall–Kier alpha value is -3.21. The molecule has 0 aliphatic rings. The number of alkyl carbamates (subject to hydrolysis) is 1. The number of carbonyl (C=O) groups excluding carboxylic acids is 2. The average molecular weight is 470 g/mol. The summed E-state index contributed by atoms with van der Waals surface area (Å²) < 4.78 is 10.5. The van der Waals surface area contributed by atoms with Gasteiger partial charge < -0.3 is 25.2 Å².